The van der Waals surface area contributed by atoms with Crippen molar-refractivity contribution in [1.29, 1.82) is 0 Å². The van der Waals surface area contributed by atoms with Crippen LogP contribution in [-0.2, 0) is 9.59 Å². The van der Waals surface area contributed by atoms with Crippen molar-refractivity contribution >= 4 is 23.4 Å². The average molecular weight is 395 g/mol. The summed E-state index contributed by atoms with van der Waals surface area (Å²) in [5.74, 6) is 1.09. The molecule has 0 spiro atoms. The van der Waals surface area contributed by atoms with E-state index < -0.39 is 0 Å². The Morgan fingerprint density at radius 1 is 1.22 bits per heavy atom. The van der Waals surface area contributed by atoms with Gasteiger partial charge >= 0.3 is 0 Å². The van der Waals surface area contributed by atoms with Crippen LogP contribution in [0.25, 0.3) is 0 Å². The van der Waals surface area contributed by atoms with Crippen LogP contribution in [0.5, 0.6) is 5.75 Å². The highest BCUT2D eigenvalue weighted by Crippen LogP contribution is 2.23. The molecule has 1 fully saturated rings. The Morgan fingerprint density at radius 3 is 2.52 bits per heavy atom. The minimum atomic E-state index is 0.0440. The zero-order chi connectivity index (χ0) is 19.6. The number of hydrogen-bond donors (Lipinski definition) is 1. The maximum absolute atomic E-state index is 12.4. The van der Waals surface area contributed by atoms with E-state index in [0.29, 0.717) is 30.2 Å². The molecule has 5 nitrogen and oxygen atoms in total. The van der Waals surface area contributed by atoms with Gasteiger partial charge in [-0.3, -0.25) is 9.59 Å². The van der Waals surface area contributed by atoms with Gasteiger partial charge in [-0.05, 0) is 44.2 Å². The van der Waals surface area contributed by atoms with E-state index in [4.69, 9.17) is 16.3 Å². The standard InChI is InChI=1S/C21H31ClN2O3/c1-3-16(4-2)21(26)24-13-11-17(12-14-24)23-20(25)10-7-15-27-19-9-6-5-8-18(19)22/h5-6,8-9,16-17H,3-4,7,10-15H2,1-2H3,(H,23,25). The first-order valence-electron chi connectivity index (χ1n) is 10.0. The minimum absolute atomic E-state index is 0.0440. The second-order valence-electron chi connectivity index (χ2n) is 7.06. The Bertz CT molecular complexity index is 611. The van der Waals surface area contributed by atoms with Gasteiger partial charge in [0.25, 0.3) is 0 Å². The molecule has 1 saturated heterocycles. The monoisotopic (exact) mass is 394 g/mol. The third-order valence-electron chi connectivity index (χ3n) is 5.15. The van der Waals surface area contributed by atoms with E-state index in [1.807, 2.05) is 23.1 Å². The molecule has 1 heterocycles. The first-order valence-corrected chi connectivity index (χ1v) is 10.4. The van der Waals surface area contributed by atoms with Crippen LogP contribution in [0.4, 0.5) is 0 Å². The van der Waals surface area contributed by atoms with Crippen molar-refractivity contribution in [3.8, 4) is 5.75 Å². The van der Waals surface area contributed by atoms with Gasteiger partial charge < -0.3 is 15.0 Å². The molecular weight excluding hydrogens is 364 g/mol. The lowest BCUT2D eigenvalue weighted by molar-refractivity contribution is -0.137. The van der Waals surface area contributed by atoms with Crippen molar-refractivity contribution in [2.75, 3.05) is 19.7 Å². The summed E-state index contributed by atoms with van der Waals surface area (Å²) in [5.41, 5.74) is 0. The van der Waals surface area contributed by atoms with E-state index in [-0.39, 0.29) is 23.8 Å². The number of nitrogens with one attached hydrogen (secondary N) is 1. The van der Waals surface area contributed by atoms with Crippen LogP contribution in [0.3, 0.4) is 0 Å². The van der Waals surface area contributed by atoms with Gasteiger partial charge in [-0.25, -0.2) is 0 Å². The average Bonchev–Trinajstić information content (AvgIpc) is 2.68. The molecule has 1 aliphatic heterocycles. The molecule has 1 aliphatic rings. The summed E-state index contributed by atoms with van der Waals surface area (Å²) < 4.78 is 5.61. The molecule has 2 rings (SSSR count). The van der Waals surface area contributed by atoms with Crippen molar-refractivity contribution in [2.24, 2.45) is 5.92 Å². The van der Waals surface area contributed by atoms with Crippen LogP contribution in [0.15, 0.2) is 24.3 Å². The van der Waals surface area contributed by atoms with Crippen molar-refractivity contribution in [3.05, 3.63) is 29.3 Å². The van der Waals surface area contributed by atoms with Gasteiger partial charge in [-0.15, -0.1) is 0 Å². The maximum Gasteiger partial charge on any atom is 0.225 e. The first kappa shape index (κ1) is 21.5. The van der Waals surface area contributed by atoms with Gasteiger partial charge in [0.2, 0.25) is 11.8 Å². The number of nitrogens with zero attached hydrogens (tertiary/aromatic N) is 1. The molecule has 1 aromatic carbocycles. The second kappa shape index (κ2) is 11.2. The van der Waals surface area contributed by atoms with Crippen LogP contribution in [0.2, 0.25) is 5.02 Å². The second-order valence-corrected chi connectivity index (χ2v) is 7.47. The van der Waals surface area contributed by atoms with E-state index in [2.05, 4.69) is 19.2 Å². The van der Waals surface area contributed by atoms with E-state index in [0.717, 1.165) is 38.8 Å². The van der Waals surface area contributed by atoms with E-state index in [1.54, 1.807) is 6.07 Å². The molecule has 0 radical (unpaired) electrons. The number of para-hydroxylation sites is 1. The number of amides is 2. The fourth-order valence-electron chi connectivity index (χ4n) is 3.42. The quantitative estimate of drug-likeness (QED) is 0.643. The Kier molecular flexibility index (Phi) is 8.92. The number of likely N-dealkylation sites (tertiary alicyclic amines) is 1. The summed E-state index contributed by atoms with van der Waals surface area (Å²) in [6, 6.07) is 7.48. The molecule has 6 heteroatoms. The van der Waals surface area contributed by atoms with Crippen molar-refractivity contribution in [2.45, 2.75) is 58.4 Å². The fourth-order valence-corrected chi connectivity index (χ4v) is 3.61. The Balaban J connectivity index is 1.63. The number of ether oxygens (including phenoxy) is 1. The SMILES string of the molecule is CCC(CC)C(=O)N1CCC(NC(=O)CCCOc2ccccc2Cl)CC1. The Morgan fingerprint density at radius 2 is 1.89 bits per heavy atom. The highest BCUT2D eigenvalue weighted by molar-refractivity contribution is 6.32. The highest BCUT2D eigenvalue weighted by atomic mass is 35.5. The van der Waals surface area contributed by atoms with Gasteiger partial charge in [0.15, 0.2) is 0 Å². The van der Waals surface area contributed by atoms with Crippen LogP contribution in [0, 0.1) is 5.92 Å². The maximum atomic E-state index is 12.4. The van der Waals surface area contributed by atoms with Gasteiger partial charge in [0.1, 0.15) is 5.75 Å². The molecule has 27 heavy (non-hydrogen) atoms. The topological polar surface area (TPSA) is 58.6 Å². The Hall–Kier alpha value is -1.75. The molecule has 0 unspecified atom stereocenters. The Labute approximate surface area is 167 Å². The molecule has 0 bridgehead atoms. The minimum Gasteiger partial charge on any atom is -0.492 e. The summed E-state index contributed by atoms with van der Waals surface area (Å²) in [6.45, 7) is 6.05. The van der Waals surface area contributed by atoms with Crippen LogP contribution in [0.1, 0.15) is 52.4 Å². The predicted octanol–water partition coefficient (Wildman–Crippen LogP) is 4.04. The molecule has 1 N–H and O–H groups in total. The molecule has 0 aliphatic carbocycles. The first-order chi connectivity index (χ1) is 13.0. The molecule has 0 saturated carbocycles. The van der Waals surface area contributed by atoms with Crippen LogP contribution >= 0.6 is 11.6 Å². The van der Waals surface area contributed by atoms with E-state index >= 15 is 0 Å². The summed E-state index contributed by atoms with van der Waals surface area (Å²) in [7, 11) is 0. The van der Waals surface area contributed by atoms with E-state index in [9.17, 15) is 9.59 Å². The van der Waals surface area contributed by atoms with Crippen molar-refractivity contribution in [1.82, 2.24) is 10.2 Å². The number of benzene rings is 1. The number of rotatable bonds is 9. The van der Waals surface area contributed by atoms with Gasteiger partial charge in [-0.1, -0.05) is 37.6 Å². The zero-order valence-electron chi connectivity index (χ0n) is 16.4. The summed E-state index contributed by atoms with van der Waals surface area (Å²) >= 11 is 6.03. The normalized spacial score (nSPS) is 15.0. The van der Waals surface area contributed by atoms with Gasteiger partial charge in [0.05, 0.1) is 11.6 Å². The highest BCUT2D eigenvalue weighted by Gasteiger charge is 2.26. The zero-order valence-corrected chi connectivity index (χ0v) is 17.1. The van der Waals surface area contributed by atoms with E-state index in [1.165, 1.54) is 0 Å². The molecule has 2 amide bonds. The predicted molar refractivity (Wildman–Crippen MR) is 108 cm³/mol. The van der Waals surface area contributed by atoms with Crippen molar-refractivity contribution < 1.29 is 14.3 Å². The molecule has 1 aromatic rings. The van der Waals surface area contributed by atoms with Gasteiger partial charge in [0, 0.05) is 31.5 Å². The third-order valence-corrected chi connectivity index (χ3v) is 5.46. The molecule has 0 aromatic heterocycles. The summed E-state index contributed by atoms with van der Waals surface area (Å²) in [5, 5.41) is 3.67. The fraction of sp³-hybridized carbons (Fsp3) is 0.619. The molecule has 150 valence electrons. The largest absolute Gasteiger partial charge is 0.492 e. The number of carbonyl (C=O) groups is 2. The van der Waals surface area contributed by atoms with Crippen LogP contribution < -0.4 is 10.1 Å². The molecular formula is C21H31ClN2O3. The lowest BCUT2D eigenvalue weighted by Gasteiger charge is -2.34. The van der Waals surface area contributed by atoms with Crippen molar-refractivity contribution in [3.63, 3.8) is 0 Å². The number of carbonyl (C=O) groups excluding carboxylic acids is 2. The smallest absolute Gasteiger partial charge is 0.225 e. The number of hydrogen-bond acceptors (Lipinski definition) is 3. The number of piperidine rings is 1. The third kappa shape index (κ3) is 6.73. The summed E-state index contributed by atoms with van der Waals surface area (Å²) in [6.07, 6.45) is 4.51. The number of halogens is 1. The summed E-state index contributed by atoms with van der Waals surface area (Å²) in [4.78, 5) is 26.5. The lowest BCUT2D eigenvalue weighted by atomic mass is 9.98. The van der Waals surface area contributed by atoms with Gasteiger partial charge in [-0.2, -0.15) is 0 Å². The van der Waals surface area contributed by atoms with Crippen LogP contribution in [-0.4, -0.2) is 42.5 Å². The lowest BCUT2D eigenvalue weighted by Crippen LogP contribution is -2.48. The molecule has 0 atom stereocenters.